The molecule has 0 saturated heterocycles. The molecule has 2 aromatic rings. The smallest absolute Gasteiger partial charge is 0.0273 e. The van der Waals surface area contributed by atoms with E-state index in [1.54, 1.807) is 0 Å². The largest absolute Gasteiger partial charge is 0.265 e. The first kappa shape index (κ1) is 13.6. The van der Waals surface area contributed by atoms with E-state index >= 15 is 0 Å². The van der Waals surface area contributed by atoms with Gasteiger partial charge in [-0.2, -0.15) is 0 Å². The number of hydrogen-bond acceptors (Lipinski definition) is 1. The first-order valence-corrected chi connectivity index (χ1v) is 7.13. The maximum atomic E-state index is 4.30. The van der Waals surface area contributed by atoms with Crippen molar-refractivity contribution in [1.82, 2.24) is 4.98 Å². The van der Waals surface area contributed by atoms with E-state index in [2.05, 4.69) is 56.3 Å². The zero-order valence-electron chi connectivity index (χ0n) is 12.6. The molecule has 1 aliphatic rings. The minimum atomic E-state index is -0.0484. The molecular formula is C20H19N. The van der Waals surface area contributed by atoms with Gasteiger partial charge in [-0.15, -0.1) is 0 Å². The van der Waals surface area contributed by atoms with Gasteiger partial charge in [0.25, 0.3) is 0 Å². The second kappa shape index (κ2) is 4.85. The van der Waals surface area contributed by atoms with E-state index < -0.39 is 0 Å². The van der Waals surface area contributed by atoms with Crippen LogP contribution in [-0.2, 0) is 5.41 Å². The highest BCUT2D eigenvalue weighted by Gasteiger charge is 2.36. The number of benzene rings is 1. The van der Waals surface area contributed by atoms with Gasteiger partial charge in [-0.05, 0) is 51.6 Å². The standard InChI is InChI=1S/C20H19N/c1-5-6-17-14(2)20(3,4)19-13-16(7-8-18(17)19)15-9-11-21-12-10-15/h5-13H,1-2H2,3-4H3/b17-6+. The fourth-order valence-corrected chi connectivity index (χ4v) is 2.99. The SMILES string of the molecule is C=C/C=C1\C(=C)C(C)(C)c2cc(-c3ccncc3)ccc21. The number of fused-ring (bicyclic) bond motifs is 1. The third-order valence-electron chi connectivity index (χ3n) is 4.36. The lowest BCUT2D eigenvalue weighted by Gasteiger charge is -2.21. The first-order chi connectivity index (χ1) is 10.1. The van der Waals surface area contributed by atoms with Gasteiger partial charge < -0.3 is 0 Å². The predicted molar refractivity (Wildman–Crippen MR) is 90.0 cm³/mol. The third kappa shape index (κ3) is 2.06. The van der Waals surface area contributed by atoms with E-state index in [-0.39, 0.29) is 5.41 Å². The average Bonchev–Trinajstić information content (AvgIpc) is 2.69. The Balaban J connectivity index is 2.20. The van der Waals surface area contributed by atoms with Gasteiger partial charge in [0, 0.05) is 17.8 Å². The maximum absolute atomic E-state index is 4.30. The molecule has 1 aromatic carbocycles. The van der Waals surface area contributed by atoms with Gasteiger partial charge in [0.05, 0.1) is 0 Å². The van der Waals surface area contributed by atoms with Crippen LogP contribution in [0.1, 0.15) is 25.0 Å². The zero-order valence-corrected chi connectivity index (χ0v) is 12.6. The molecule has 0 radical (unpaired) electrons. The second-order valence-corrected chi connectivity index (χ2v) is 5.92. The summed E-state index contributed by atoms with van der Waals surface area (Å²) in [5.41, 5.74) is 7.31. The van der Waals surface area contributed by atoms with E-state index in [0.717, 1.165) is 5.57 Å². The summed E-state index contributed by atoms with van der Waals surface area (Å²) in [6.07, 6.45) is 7.55. The molecule has 0 fully saturated rings. The number of rotatable bonds is 2. The van der Waals surface area contributed by atoms with E-state index in [0.29, 0.717) is 0 Å². The van der Waals surface area contributed by atoms with Crippen LogP contribution in [0.25, 0.3) is 16.7 Å². The maximum Gasteiger partial charge on any atom is 0.0273 e. The van der Waals surface area contributed by atoms with Gasteiger partial charge in [0.2, 0.25) is 0 Å². The van der Waals surface area contributed by atoms with E-state index in [1.165, 1.54) is 27.8 Å². The predicted octanol–water partition coefficient (Wildman–Crippen LogP) is 5.17. The van der Waals surface area contributed by atoms with Crippen LogP contribution >= 0.6 is 0 Å². The molecule has 1 nitrogen and oxygen atoms in total. The summed E-state index contributed by atoms with van der Waals surface area (Å²) < 4.78 is 0. The summed E-state index contributed by atoms with van der Waals surface area (Å²) in [6.45, 7) is 12.6. The highest BCUT2D eigenvalue weighted by molar-refractivity contribution is 5.90. The molecule has 1 heterocycles. The minimum absolute atomic E-state index is 0.0484. The highest BCUT2D eigenvalue weighted by atomic mass is 14.6. The molecule has 0 bridgehead atoms. The third-order valence-corrected chi connectivity index (χ3v) is 4.36. The summed E-state index contributed by atoms with van der Waals surface area (Å²) in [7, 11) is 0. The van der Waals surface area contributed by atoms with Crippen molar-refractivity contribution in [3.05, 3.63) is 84.7 Å². The van der Waals surface area contributed by atoms with Crippen molar-refractivity contribution in [3.63, 3.8) is 0 Å². The molecule has 0 aliphatic heterocycles. The molecular weight excluding hydrogens is 254 g/mol. The number of allylic oxidation sites excluding steroid dienone is 4. The molecule has 0 unspecified atom stereocenters. The number of aromatic nitrogens is 1. The molecule has 1 aromatic heterocycles. The van der Waals surface area contributed by atoms with E-state index in [4.69, 9.17) is 0 Å². The molecule has 1 aliphatic carbocycles. The summed E-state index contributed by atoms with van der Waals surface area (Å²) in [6, 6.07) is 10.7. The fraction of sp³-hybridized carbons (Fsp3) is 0.150. The van der Waals surface area contributed by atoms with Crippen molar-refractivity contribution < 1.29 is 0 Å². The van der Waals surface area contributed by atoms with Crippen LogP contribution in [0.2, 0.25) is 0 Å². The number of hydrogen-bond donors (Lipinski definition) is 0. The van der Waals surface area contributed by atoms with Crippen LogP contribution < -0.4 is 0 Å². The van der Waals surface area contributed by atoms with Gasteiger partial charge in [-0.1, -0.05) is 51.3 Å². The van der Waals surface area contributed by atoms with Crippen LogP contribution in [-0.4, -0.2) is 4.98 Å². The van der Waals surface area contributed by atoms with Crippen molar-refractivity contribution in [2.75, 3.05) is 0 Å². The number of pyridine rings is 1. The highest BCUT2D eigenvalue weighted by Crippen LogP contribution is 2.49. The Morgan fingerprint density at radius 2 is 1.76 bits per heavy atom. The molecule has 1 heteroatoms. The van der Waals surface area contributed by atoms with Gasteiger partial charge in [-0.25, -0.2) is 0 Å². The molecule has 0 N–H and O–H groups in total. The van der Waals surface area contributed by atoms with Crippen molar-refractivity contribution in [3.8, 4) is 11.1 Å². The van der Waals surface area contributed by atoms with Gasteiger partial charge in [-0.3, -0.25) is 4.98 Å². The van der Waals surface area contributed by atoms with Crippen LogP contribution in [0.15, 0.2) is 73.6 Å². The molecule has 21 heavy (non-hydrogen) atoms. The Morgan fingerprint density at radius 3 is 2.43 bits per heavy atom. The molecule has 0 spiro atoms. The zero-order chi connectivity index (χ0) is 15.0. The van der Waals surface area contributed by atoms with Crippen LogP contribution in [0.5, 0.6) is 0 Å². The lowest BCUT2D eigenvalue weighted by Crippen LogP contribution is -2.14. The molecule has 3 rings (SSSR count). The lowest BCUT2D eigenvalue weighted by atomic mass is 9.82. The minimum Gasteiger partial charge on any atom is -0.265 e. The molecule has 104 valence electrons. The summed E-state index contributed by atoms with van der Waals surface area (Å²) in [4.78, 5) is 4.09. The van der Waals surface area contributed by atoms with E-state index in [9.17, 15) is 0 Å². The number of nitrogens with zero attached hydrogens (tertiary/aromatic N) is 1. The van der Waals surface area contributed by atoms with Crippen LogP contribution in [0.3, 0.4) is 0 Å². The quantitative estimate of drug-likeness (QED) is 0.736. The summed E-state index contributed by atoms with van der Waals surface area (Å²) in [5, 5.41) is 0. The Kier molecular flexibility index (Phi) is 3.13. The fourth-order valence-electron chi connectivity index (χ4n) is 2.99. The Bertz CT molecular complexity index is 749. The van der Waals surface area contributed by atoms with Crippen LogP contribution in [0.4, 0.5) is 0 Å². The van der Waals surface area contributed by atoms with Crippen molar-refractivity contribution in [2.45, 2.75) is 19.3 Å². The summed E-state index contributed by atoms with van der Waals surface area (Å²) >= 11 is 0. The average molecular weight is 273 g/mol. The van der Waals surface area contributed by atoms with Crippen LogP contribution in [0, 0.1) is 0 Å². The Labute approximate surface area is 126 Å². The topological polar surface area (TPSA) is 12.9 Å². The second-order valence-electron chi connectivity index (χ2n) is 5.92. The molecule has 0 atom stereocenters. The van der Waals surface area contributed by atoms with Crippen molar-refractivity contribution in [1.29, 1.82) is 0 Å². The summed E-state index contributed by atoms with van der Waals surface area (Å²) in [5.74, 6) is 0. The monoisotopic (exact) mass is 273 g/mol. The van der Waals surface area contributed by atoms with Gasteiger partial charge >= 0.3 is 0 Å². The van der Waals surface area contributed by atoms with E-state index in [1.807, 2.05) is 30.6 Å². The Hall–Kier alpha value is -2.41. The van der Waals surface area contributed by atoms with Crippen molar-refractivity contribution >= 4 is 5.57 Å². The van der Waals surface area contributed by atoms with Crippen molar-refractivity contribution in [2.24, 2.45) is 0 Å². The Morgan fingerprint density at radius 1 is 1.05 bits per heavy atom. The lowest BCUT2D eigenvalue weighted by molar-refractivity contribution is 0.663. The van der Waals surface area contributed by atoms with Gasteiger partial charge in [0.1, 0.15) is 0 Å². The van der Waals surface area contributed by atoms with Gasteiger partial charge in [0.15, 0.2) is 0 Å². The first-order valence-electron chi connectivity index (χ1n) is 7.13. The molecule has 0 saturated carbocycles. The normalized spacial score (nSPS) is 17.8. The molecule has 0 amide bonds.